The van der Waals surface area contributed by atoms with E-state index in [0.29, 0.717) is 18.5 Å². The Balaban J connectivity index is 1.86. The number of rotatable bonds is 1. The van der Waals surface area contributed by atoms with Crippen LogP contribution >= 0.6 is 0 Å². The van der Waals surface area contributed by atoms with Crippen molar-refractivity contribution in [3.8, 4) is 0 Å². The molecule has 0 aliphatic carbocycles. The highest BCUT2D eigenvalue weighted by atomic mass is 16.2. The number of carbonyl (C=O) groups is 3. The van der Waals surface area contributed by atoms with Gasteiger partial charge in [-0.1, -0.05) is 18.2 Å². The molecule has 0 bridgehead atoms. The van der Waals surface area contributed by atoms with Crippen molar-refractivity contribution in [3.63, 3.8) is 0 Å². The zero-order chi connectivity index (χ0) is 12.7. The predicted molar refractivity (Wildman–Crippen MR) is 62.5 cm³/mol. The average molecular weight is 244 g/mol. The highest BCUT2D eigenvalue weighted by Crippen LogP contribution is 2.26. The van der Waals surface area contributed by atoms with Crippen molar-refractivity contribution in [2.24, 2.45) is 0 Å². The van der Waals surface area contributed by atoms with E-state index in [1.54, 1.807) is 11.0 Å². The molecule has 2 heterocycles. The number of imide groups is 1. The van der Waals surface area contributed by atoms with Crippen molar-refractivity contribution in [2.45, 2.75) is 25.4 Å². The van der Waals surface area contributed by atoms with Crippen LogP contribution in [0.25, 0.3) is 0 Å². The molecule has 1 atom stereocenters. The third-order valence-electron chi connectivity index (χ3n) is 3.44. The predicted octanol–water partition coefficient (Wildman–Crippen LogP) is 0.448. The number of hydrogen-bond donors (Lipinski definition) is 1. The number of amides is 3. The fourth-order valence-electron chi connectivity index (χ4n) is 2.51. The van der Waals surface area contributed by atoms with Crippen molar-refractivity contribution in [1.82, 2.24) is 10.2 Å². The van der Waals surface area contributed by atoms with Crippen molar-refractivity contribution >= 4 is 17.7 Å². The smallest absolute Gasteiger partial charge is 0.255 e. The number of carbonyl (C=O) groups excluding carboxylic acids is 3. The summed E-state index contributed by atoms with van der Waals surface area (Å²) < 4.78 is 0. The lowest BCUT2D eigenvalue weighted by Gasteiger charge is -2.29. The molecule has 3 amide bonds. The molecule has 0 spiro atoms. The van der Waals surface area contributed by atoms with Gasteiger partial charge in [-0.3, -0.25) is 19.7 Å². The SMILES string of the molecule is O=C1CC[C@H](N2Cc3ccccc3C2=O)C(=O)N1. The summed E-state index contributed by atoms with van der Waals surface area (Å²) in [5.41, 5.74) is 1.59. The standard InChI is InChI=1S/C13H12N2O3/c16-11-6-5-10(12(17)14-11)15-7-8-3-1-2-4-9(8)13(15)18/h1-4,10H,5-7H2,(H,14,16,17)/t10-/m0/s1. The second kappa shape index (κ2) is 3.94. The van der Waals surface area contributed by atoms with Crippen LogP contribution < -0.4 is 5.32 Å². The summed E-state index contributed by atoms with van der Waals surface area (Å²) in [7, 11) is 0. The van der Waals surface area contributed by atoms with Crippen LogP contribution in [0.1, 0.15) is 28.8 Å². The minimum absolute atomic E-state index is 0.125. The first-order valence-corrected chi connectivity index (χ1v) is 5.89. The van der Waals surface area contributed by atoms with Gasteiger partial charge in [0.25, 0.3) is 5.91 Å². The quantitative estimate of drug-likeness (QED) is 0.729. The highest BCUT2D eigenvalue weighted by molar-refractivity contribution is 6.05. The number of nitrogens with zero attached hydrogens (tertiary/aromatic N) is 1. The number of piperidine rings is 1. The van der Waals surface area contributed by atoms with Crippen LogP contribution in [0.5, 0.6) is 0 Å². The number of benzene rings is 1. The lowest BCUT2D eigenvalue weighted by Crippen LogP contribution is -2.52. The minimum Gasteiger partial charge on any atom is -0.322 e. The van der Waals surface area contributed by atoms with Gasteiger partial charge in [-0.25, -0.2) is 0 Å². The maximum atomic E-state index is 12.2. The van der Waals surface area contributed by atoms with E-state index in [0.717, 1.165) is 5.56 Å². The Morgan fingerprint density at radius 2 is 1.94 bits per heavy atom. The van der Waals surface area contributed by atoms with E-state index in [4.69, 9.17) is 0 Å². The average Bonchev–Trinajstić information content (AvgIpc) is 2.68. The lowest BCUT2D eigenvalue weighted by molar-refractivity contribution is -0.136. The van der Waals surface area contributed by atoms with Crippen LogP contribution in [0.3, 0.4) is 0 Å². The Kier molecular flexibility index (Phi) is 2.40. The molecule has 3 rings (SSSR count). The third kappa shape index (κ3) is 1.59. The number of nitrogens with one attached hydrogen (secondary N) is 1. The van der Waals surface area contributed by atoms with Gasteiger partial charge in [-0.05, 0) is 18.1 Å². The van der Waals surface area contributed by atoms with Gasteiger partial charge < -0.3 is 4.90 Å². The zero-order valence-electron chi connectivity index (χ0n) is 9.68. The first kappa shape index (κ1) is 11.0. The van der Waals surface area contributed by atoms with E-state index in [2.05, 4.69) is 5.32 Å². The molecule has 1 N–H and O–H groups in total. The fraction of sp³-hybridized carbons (Fsp3) is 0.308. The summed E-state index contributed by atoms with van der Waals surface area (Å²) >= 11 is 0. The highest BCUT2D eigenvalue weighted by Gasteiger charge is 2.38. The van der Waals surface area contributed by atoms with E-state index in [1.807, 2.05) is 18.2 Å². The van der Waals surface area contributed by atoms with Gasteiger partial charge >= 0.3 is 0 Å². The van der Waals surface area contributed by atoms with Crippen LogP contribution in [0.15, 0.2) is 24.3 Å². The van der Waals surface area contributed by atoms with Crippen LogP contribution in [0.2, 0.25) is 0 Å². The minimum atomic E-state index is -0.525. The molecular formula is C13H12N2O3. The first-order valence-electron chi connectivity index (χ1n) is 5.89. The van der Waals surface area contributed by atoms with Crippen LogP contribution in [0, 0.1) is 0 Å². The van der Waals surface area contributed by atoms with Gasteiger partial charge in [0.1, 0.15) is 6.04 Å². The Bertz CT molecular complexity index is 553. The molecule has 1 aromatic carbocycles. The van der Waals surface area contributed by atoms with E-state index < -0.39 is 6.04 Å². The van der Waals surface area contributed by atoms with Gasteiger partial charge in [-0.2, -0.15) is 0 Å². The Morgan fingerprint density at radius 3 is 2.67 bits per heavy atom. The topological polar surface area (TPSA) is 66.5 Å². The van der Waals surface area contributed by atoms with Gasteiger partial charge in [-0.15, -0.1) is 0 Å². The van der Waals surface area contributed by atoms with Crippen LogP contribution in [-0.4, -0.2) is 28.7 Å². The summed E-state index contributed by atoms with van der Waals surface area (Å²) in [5, 5.41) is 2.28. The van der Waals surface area contributed by atoms with E-state index in [-0.39, 0.29) is 24.1 Å². The summed E-state index contributed by atoms with van der Waals surface area (Å²) in [6.07, 6.45) is 0.695. The lowest BCUT2D eigenvalue weighted by atomic mass is 10.0. The van der Waals surface area contributed by atoms with Crippen LogP contribution in [0.4, 0.5) is 0 Å². The molecule has 5 nitrogen and oxygen atoms in total. The van der Waals surface area contributed by atoms with E-state index >= 15 is 0 Å². The van der Waals surface area contributed by atoms with Crippen molar-refractivity contribution in [2.75, 3.05) is 0 Å². The number of hydrogen-bond acceptors (Lipinski definition) is 3. The molecule has 1 aromatic rings. The largest absolute Gasteiger partial charge is 0.322 e. The zero-order valence-corrected chi connectivity index (χ0v) is 9.68. The van der Waals surface area contributed by atoms with Crippen molar-refractivity contribution in [1.29, 1.82) is 0 Å². The summed E-state index contributed by atoms with van der Waals surface area (Å²) in [5.74, 6) is -0.757. The Labute approximate surface area is 104 Å². The van der Waals surface area contributed by atoms with Gasteiger partial charge in [0.15, 0.2) is 0 Å². The van der Waals surface area contributed by atoms with Gasteiger partial charge in [0, 0.05) is 18.5 Å². The van der Waals surface area contributed by atoms with E-state index in [1.165, 1.54) is 0 Å². The van der Waals surface area contributed by atoms with Crippen molar-refractivity contribution in [3.05, 3.63) is 35.4 Å². The van der Waals surface area contributed by atoms with E-state index in [9.17, 15) is 14.4 Å². The Morgan fingerprint density at radius 1 is 1.17 bits per heavy atom. The summed E-state index contributed by atoms with van der Waals surface area (Å²) in [6.45, 7) is 0.446. The third-order valence-corrected chi connectivity index (χ3v) is 3.44. The first-order chi connectivity index (χ1) is 8.66. The van der Waals surface area contributed by atoms with Crippen molar-refractivity contribution < 1.29 is 14.4 Å². The second-order valence-electron chi connectivity index (χ2n) is 4.56. The normalized spacial score (nSPS) is 23.0. The molecule has 0 unspecified atom stereocenters. The molecule has 1 fully saturated rings. The molecule has 5 heteroatoms. The molecule has 0 aromatic heterocycles. The maximum absolute atomic E-state index is 12.2. The van der Waals surface area contributed by atoms with Gasteiger partial charge in [0.05, 0.1) is 0 Å². The maximum Gasteiger partial charge on any atom is 0.255 e. The fourth-order valence-corrected chi connectivity index (χ4v) is 2.51. The molecular weight excluding hydrogens is 232 g/mol. The molecule has 1 saturated heterocycles. The summed E-state index contributed by atoms with van der Waals surface area (Å²) in [4.78, 5) is 36.6. The second-order valence-corrected chi connectivity index (χ2v) is 4.56. The number of fused-ring (bicyclic) bond motifs is 1. The molecule has 0 saturated carbocycles. The van der Waals surface area contributed by atoms with Gasteiger partial charge in [0.2, 0.25) is 11.8 Å². The molecule has 0 radical (unpaired) electrons. The summed E-state index contributed by atoms with van der Waals surface area (Å²) in [6, 6.07) is 6.82. The molecule has 92 valence electrons. The molecule has 18 heavy (non-hydrogen) atoms. The Hall–Kier alpha value is -2.17. The monoisotopic (exact) mass is 244 g/mol. The molecule has 2 aliphatic rings. The van der Waals surface area contributed by atoms with Crippen LogP contribution in [-0.2, 0) is 16.1 Å². The molecule has 2 aliphatic heterocycles.